The number of aromatic nitrogens is 3. The molecule has 0 radical (unpaired) electrons. The van der Waals surface area contributed by atoms with Gasteiger partial charge in [-0.3, -0.25) is 4.98 Å². The van der Waals surface area contributed by atoms with Crippen LogP contribution in [-0.4, -0.2) is 14.5 Å². The summed E-state index contributed by atoms with van der Waals surface area (Å²) < 4.78 is 16.5. The van der Waals surface area contributed by atoms with Crippen molar-refractivity contribution in [3.63, 3.8) is 0 Å². The second-order valence-corrected chi connectivity index (χ2v) is 6.00. The van der Waals surface area contributed by atoms with Crippen LogP contribution in [0, 0.1) is 10.6 Å². The highest BCUT2D eigenvalue weighted by molar-refractivity contribution is 9.10. The lowest BCUT2D eigenvalue weighted by atomic mass is 10.1. The molecule has 0 saturated carbocycles. The van der Waals surface area contributed by atoms with E-state index in [0.717, 1.165) is 17.6 Å². The molecule has 0 atom stereocenters. The van der Waals surface area contributed by atoms with Gasteiger partial charge in [0.25, 0.3) is 0 Å². The molecular formula is C15H13BrFN3S. The van der Waals surface area contributed by atoms with Crippen molar-refractivity contribution >= 4 is 39.2 Å². The van der Waals surface area contributed by atoms with Crippen LogP contribution in [0.15, 0.2) is 34.9 Å². The number of fused-ring (bicyclic) bond motifs is 1. The first kappa shape index (κ1) is 14.4. The average molecular weight is 366 g/mol. The third kappa shape index (κ3) is 2.65. The number of aromatic amines is 1. The molecule has 108 valence electrons. The molecule has 3 nitrogen and oxygen atoms in total. The van der Waals surface area contributed by atoms with Gasteiger partial charge in [0.1, 0.15) is 5.82 Å². The Bertz CT molecular complexity index is 869. The highest BCUT2D eigenvalue weighted by atomic mass is 79.9. The smallest absolute Gasteiger partial charge is 0.178 e. The number of nitrogens with one attached hydrogen (secondary N) is 1. The molecule has 0 spiro atoms. The molecule has 1 aromatic carbocycles. The van der Waals surface area contributed by atoms with E-state index in [1.807, 2.05) is 10.6 Å². The standard InChI is InChI=1S/C15H13BrFN3S/c1-2-9-4-3-5-18-13(9)8-20-14-6-10(16)11(17)7-12(14)19-15(20)21/h3-7H,2,8H2,1H3,(H,19,21). The topological polar surface area (TPSA) is 33.6 Å². The van der Waals surface area contributed by atoms with Gasteiger partial charge in [-0.1, -0.05) is 13.0 Å². The predicted octanol–water partition coefficient (Wildman–Crippen LogP) is 4.61. The summed E-state index contributed by atoms with van der Waals surface area (Å²) in [5.41, 5.74) is 3.73. The number of pyridine rings is 1. The molecule has 2 heterocycles. The van der Waals surface area contributed by atoms with Crippen LogP contribution in [0.3, 0.4) is 0 Å². The Hall–Kier alpha value is -1.53. The second kappa shape index (κ2) is 5.69. The minimum absolute atomic E-state index is 0.307. The van der Waals surface area contributed by atoms with Crippen molar-refractivity contribution in [2.75, 3.05) is 0 Å². The van der Waals surface area contributed by atoms with Crippen LogP contribution in [0.5, 0.6) is 0 Å². The van der Waals surface area contributed by atoms with Gasteiger partial charge in [0.2, 0.25) is 0 Å². The minimum Gasteiger partial charge on any atom is -0.330 e. The molecule has 0 aliphatic rings. The van der Waals surface area contributed by atoms with Gasteiger partial charge in [-0.2, -0.15) is 0 Å². The van der Waals surface area contributed by atoms with Crippen LogP contribution in [-0.2, 0) is 13.0 Å². The van der Waals surface area contributed by atoms with E-state index in [-0.39, 0.29) is 5.82 Å². The van der Waals surface area contributed by atoms with Crippen LogP contribution in [0.2, 0.25) is 0 Å². The minimum atomic E-state index is -0.307. The molecule has 21 heavy (non-hydrogen) atoms. The quantitative estimate of drug-likeness (QED) is 0.687. The van der Waals surface area contributed by atoms with E-state index in [1.54, 1.807) is 12.3 Å². The molecule has 0 aliphatic heterocycles. The summed E-state index contributed by atoms with van der Waals surface area (Å²) in [4.78, 5) is 7.49. The largest absolute Gasteiger partial charge is 0.330 e. The maximum atomic E-state index is 13.6. The van der Waals surface area contributed by atoms with E-state index >= 15 is 0 Å². The first-order valence-corrected chi connectivity index (χ1v) is 7.80. The number of aryl methyl sites for hydroxylation is 1. The second-order valence-electron chi connectivity index (χ2n) is 4.76. The first-order valence-electron chi connectivity index (χ1n) is 6.60. The fourth-order valence-corrected chi connectivity index (χ4v) is 3.00. The summed E-state index contributed by atoms with van der Waals surface area (Å²) in [5, 5.41) is 0. The van der Waals surface area contributed by atoms with Crippen molar-refractivity contribution in [2.24, 2.45) is 0 Å². The monoisotopic (exact) mass is 365 g/mol. The number of imidazole rings is 1. The van der Waals surface area contributed by atoms with Crippen LogP contribution < -0.4 is 0 Å². The van der Waals surface area contributed by atoms with Crippen molar-refractivity contribution < 1.29 is 4.39 Å². The zero-order valence-corrected chi connectivity index (χ0v) is 13.8. The molecule has 0 aliphatic carbocycles. The molecule has 3 rings (SSSR count). The molecule has 0 saturated heterocycles. The van der Waals surface area contributed by atoms with Crippen molar-refractivity contribution in [3.8, 4) is 0 Å². The van der Waals surface area contributed by atoms with Crippen molar-refractivity contribution in [2.45, 2.75) is 19.9 Å². The Morgan fingerprint density at radius 3 is 3.00 bits per heavy atom. The maximum Gasteiger partial charge on any atom is 0.178 e. The fraction of sp³-hybridized carbons (Fsp3) is 0.200. The lowest BCUT2D eigenvalue weighted by Crippen LogP contribution is -2.05. The van der Waals surface area contributed by atoms with Gasteiger partial charge in [-0.15, -0.1) is 0 Å². The lowest BCUT2D eigenvalue weighted by molar-refractivity contribution is 0.622. The molecule has 6 heteroatoms. The van der Waals surface area contributed by atoms with Gasteiger partial charge in [0, 0.05) is 12.3 Å². The van der Waals surface area contributed by atoms with Crippen LogP contribution in [0.1, 0.15) is 18.2 Å². The van der Waals surface area contributed by atoms with Gasteiger partial charge in [-0.05, 0) is 52.3 Å². The number of hydrogen-bond acceptors (Lipinski definition) is 2. The molecule has 0 amide bonds. The van der Waals surface area contributed by atoms with Gasteiger partial charge in [-0.25, -0.2) is 4.39 Å². The van der Waals surface area contributed by atoms with Crippen LogP contribution >= 0.6 is 28.1 Å². The van der Waals surface area contributed by atoms with E-state index in [2.05, 4.69) is 38.9 Å². The van der Waals surface area contributed by atoms with Gasteiger partial charge >= 0.3 is 0 Å². The van der Waals surface area contributed by atoms with E-state index in [9.17, 15) is 4.39 Å². The summed E-state index contributed by atoms with van der Waals surface area (Å²) >= 11 is 8.58. The molecule has 1 N–H and O–H groups in total. The maximum absolute atomic E-state index is 13.6. The average Bonchev–Trinajstić information content (AvgIpc) is 2.76. The number of rotatable bonds is 3. The molecule has 0 bridgehead atoms. The Kier molecular flexibility index (Phi) is 3.91. The van der Waals surface area contributed by atoms with Gasteiger partial charge in [0.05, 0.1) is 27.7 Å². The third-order valence-corrected chi connectivity index (χ3v) is 4.42. The van der Waals surface area contributed by atoms with E-state index in [1.165, 1.54) is 11.6 Å². The summed E-state index contributed by atoms with van der Waals surface area (Å²) in [6.07, 6.45) is 2.69. The summed E-state index contributed by atoms with van der Waals surface area (Å²) in [7, 11) is 0. The van der Waals surface area contributed by atoms with Crippen LogP contribution in [0.25, 0.3) is 11.0 Å². The number of benzene rings is 1. The Morgan fingerprint density at radius 2 is 2.24 bits per heavy atom. The van der Waals surface area contributed by atoms with Crippen molar-refractivity contribution in [1.29, 1.82) is 0 Å². The molecule has 3 aromatic rings. The number of hydrogen-bond donors (Lipinski definition) is 1. The highest BCUT2D eigenvalue weighted by Gasteiger charge is 2.11. The predicted molar refractivity (Wildman–Crippen MR) is 87.5 cm³/mol. The van der Waals surface area contributed by atoms with Crippen molar-refractivity contribution in [1.82, 2.24) is 14.5 Å². The van der Waals surface area contributed by atoms with E-state index < -0.39 is 0 Å². The highest BCUT2D eigenvalue weighted by Crippen LogP contribution is 2.24. The van der Waals surface area contributed by atoms with E-state index in [0.29, 0.717) is 21.3 Å². The summed E-state index contributed by atoms with van der Waals surface area (Å²) in [5.74, 6) is -0.307. The van der Waals surface area contributed by atoms with Crippen LogP contribution in [0.4, 0.5) is 4.39 Å². The normalized spacial score (nSPS) is 11.2. The fourth-order valence-electron chi connectivity index (χ4n) is 2.39. The number of nitrogens with zero attached hydrogens (tertiary/aromatic N) is 2. The third-order valence-electron chi connectivity index (χ3n) is 3.49. The Morgan fingerprint density at radius 1 is 1.43 bits per heavy atom. The Labute approximate surface area is 135 Å². The van der Waals surface area contributed by atoms with E-state index in [4.69, 9.17) is 12.2 Å². The summed E-state index contributed by atoms with van der Waals surface area (Å²) in [6, 6.07) is 7.19. The van der Waals surface area contributed by atoms with Gasteiger partial charge in [0.15, 0.2) is 4.77 Å². The summed E-state index contributed by atoms with van der Waals surface area (Å²) in [6.45, 7) is 2.67. The lowest BCUT2D eigenvalue weighted by Gasteiger charge is -2.08. The number of halogens is 2. The van der Waals surface area contributed by atoms with Crippen molar-refractivity contribution in [3.05, 3.63) is 56.8 Å². The molecular weight excluding hydrogens is 353 g/mol. The zero-order valence-electron chi connectivity index (χ0n) is 11.4. The molecule has 2 aromatic heterocycles. The number of H-pyrrole nitrogens is 1. The SMILES string of the molecule is CCc1cccnc1Cn1c(=S)[nH]c2cc(F)c(Br)cc21. The van der Waals surface area contributed by atoms with Gasteiger partial charge < -0.3 is 9.55 Å². The molecule has 0 fully saturated rings. The Balaban J connectivity index is 2.14. The zero-order chi connectivity index (χ0) is 15.0. The first-order chi connectivity index (χ1) is 10.1. The molecule has 0 unspecified atom stereocenters.